The third-order valence-corrected chi connectivity index (χ3v) is 3.68. The van der Waals surface area contributed by atoms with E-state index in [1.54, 1.807) is 18.3 Å². The van der Waals surface area contributed by atoms with Crippen LogP contribution in [0.15, 0.2) is 29.8 Å². The minimum absolute atomic E-state index is 0.193. The molecule has 0 bridgehead atoms. The molecule has 0 atom stereocenters. The highest BCUT2D eigenvalue weighted by molar-refractivity contribution is 7.13. The Morgan fingerprint density at radius 2 is 1.90 bits per heavy atom. The minimum atomic E-state index is -0.193. The fourth-order valence-electron chi connectivity index (χ4n) is 1.83. The first-order chi connectivity index (χ1) is 9.63. The number of amides is 1. The van der Waals surface area contributed by atoms with Gasteiger partial charge in [0.2, 0.25) is 0 Å². The van der Waals surface area contributed by atoms with E-state index in [2.05, 4.69) is 20.3 Å². The second kappa shape index (κ2) is 4.97. The monoisotopic (exact) mass is 284 g/mol. The van der Waals surface area contributed by atoms with Gasteiger partial charge < -0.3 is 0 Å². The van der Waals surface area contributed by atoms with Crippen LogP contribution in [0.4, 0.5) is 5.13 Å². The number of fused-ring (bicyclic) bond motifs is 1. The number of rotatable bonds is 2. The Kier molecular flexibility index (Phi) is 3.15. The molecular weight excluding hydrogens is 272 g/mol. The summed E-state index contributed by atoms with van der Waals surface area (Å²) in [5.41, 5.74) is 3.83. The first-order valence-corrected chi connectivity index (χ1v) is 6.97. The Hall–Kier alpha value is -2.34. The molecule has 100 valence electrons. The quantitative estimate of drug-likeness (QED) is 0.785. The number of carbonyl (C=O) groups is 1. The fourth-order valence-corrected chi connectivity index (χ4v) is 2.35. The highest BCUT2D eigenvalue weighted by atomic mass is 32.1. The maximum Gasteiger partial charge on any atom is 0.257 e. The van der Waals surface area contributed by atoms with Crippen LogP contribution in [-0.4, -0.2) is 20.9 Å². The standard InChI is InChI=1S/C14H12N4OS/c1-8-9(2)17-12-7-10(3-4-11(12)16-8)13(19)18-14-15-5-6-20-14/h3-7H,1-2H3,(H,15,18,19). The van der Waals surface area contributed by atoms with Gasteiger partial charge in [-0.2, -0.15) is 0 Å². The maximum atomic E-state index is 12.1. The van der Waals surface area contributed by atoms with Gasteiger partial charge >= 0.3 is 0 Å². The second-order valence-electron chi connectivity index (χ2n) is 4.39. The molecule has 0 aliphatic heterocycles. The summed E-state index contributed by atoms with van der Waals surface area (Å²) in [5.74, 6) is -0.193. The molecule has 3 aromatic rings. The van der Waals surface area contributed by atoms with Gasteiger partial charge in [0.05, 0.1) is 22.4 Å². The van der Waals surface area contributed by atoms with Crippen molar-refractivity contribution in [3.63, 3.8) is 0 Å². The number of anilines is 1. The molecule has 5 nitrogen and oxygen atoms in total. The van der Waals surface area contributed by atoms with Crippen molar-refractivity contribution in [3.05, 3.63) is 46.7 Å². The molecule has 0 aliphatic rings. The van der Waals surface area contributed by atoms with E-state index in [1.165, 1.54) is 11.3 Å². The first kappa shape index (κ1) is 12.7. The van der Waals surface area contributed by atoms with Crippen LogP contribution in [0.25, 0.3) is 11.0 Å². The predicted molar refractivity (Wildman–Crippen MR) is 79.1 cm³/mol. The van der Waals surface area contributed by atoms with Crippen LogP contribution in [0.1, 0.15) is 21.7 Å². The minimum Gasteiger partial charge on any atom is -0.298 e. The summed E-state index contributed by atoms with van der Waals surface area (Å²) in [6.45, 7) is 3.83. The summed E-state index contributed by atoms with van der Waals surface area (Å²) in [7, 11) is 0. The summed E-state index contributed by atoms with van der Waals surface area (Å²) in [6, 6.07) is 5.30. The van der Waals surface area contributed by atoms with Crippen LogP contribution in [0, 0.1) is 13.8 Å². The third kappa shape index (κ3) is 2.37. The maximum absolute atomic E-state index is 12.1. The van der Waals surface area contributed by atoms with Crippen molar-refractivity contribution < 1.29 is 4.79 Å². The number of nitrogens with zero attached hydrogens (tertiary/aromatic N) is 3. The molecular formula is C14H12N4OS. The zero-order valence-electron chi connectivity index (χ0n) is 11.0. The van der Waals surface area contributed by atoms with Crippen molar-refractivity contribution >= 4 is 33.4 Å². The summed E-state index contributed by atoms with van der Waals surface area (Å²) in [5, 5.41) is 5.15. The predicted octanol–water partition coefficient (Wildman–Crippen LogP) is 2.96. The van der Waals surface area contributed by atoms with E-state index in [0.29, 0.717) is 10.7 Å². The molecule has 0 aliphatic carbocycles. The van der Waals surface area contributed by atoms with Crippen molar-refractivity contribution in [3.8, 4) is 0 Å². The summed E-state index contributed by atoms with van der Waals surface area (Å²) < 4.78 is 0. The molecule has 20 heavy (non-hydrogen) atoms. The number of benzene rings is 1. The summed E-state index contributed by atoms with van der Waals surface area (Å²) in [6.07, 6.45) is 1.65. The number of nitrogens with one attached hydrogen (secondary N) is 1. The molecule has 3 rings (SSSR count). The average molecular weight is 284 g/mol. The van der Waals surface area contributed by atoms with Gasteiger partial charge in [0, 0.05) is 17.1 Å². The Bertz CT molecular complexity index is 783. The van der Waals surface area contributed by atoms with Gasteiger partial charge in [-0.15, -0.1) is 11.3 Å². The largest absolute Gasteiger partial charge is 0.298 e. The molecule has 1 amide bonds. The van der Waals surface area contributed by atoms with Gasteiger partial charge in [0.15, 0.2) is 5.13 Å². The van der Waals surface area contributed by atoms with E-state index in [4.69, 9.17) is 0 Å². The van der Waals surface area contributed by atoms with Crippen LogP contribution in [0.3, 0.4) is 0 Å². The Balaban J connectivity index is 1.96. The molecule has 1 N–H and O–H groups in total. The Morgan fingerprint density at radius 1 is 1.15 bits per heavy atom. The number of thiazole rings is 1. The molecule has 2 aromatic heterocycles. The topological polar surface area (TPSA) is 67.8 Å². The molecule has 0 fully saturated rings. The third-order valence-electron chi connectivity index (χ3n) is 2.99. The lowest BCUT2D eigenvalue weighted by molar-refractivity contribution is 0.102. The molecule has 6 heteroatoms. The van der Waals surface area contributed by atoms with E-state index in [9.17, 15) is 4.79 Å². The van der Waals surface area contributed by atoms with Gasteiger partial charge in [-0.05, 0) is 32.0 Å². The Morgan fingerprint density at radius 3 is 2.60 bits per heavy atom. The van der Waals surface area contributed by atoms with Crippen molar-refractivity contribution in [2.24, 2.45) is 0 Å². The van der Waals surface area contributed by atoms with Crippen LogP contribution in [0.2, 0.25) is 0 Å². The summed E-state index contributed by atoms with van der Waals surface area (Å²) >= 11 is 1.38. The zero-order valence-corrected chi connectivity index (χ0v) is 11.9. The molecule has 0 spiro atoms. The van der Waals surface area contributed by atoms with Crippen LogP contribution < -0.4 is 5.32 Å². The average Bonchev–Trinajstić information content (AvgIpc) is 2.92. The molecule has 0 saturated heterocycles. The molecule has 0 unspecified atom stereocenters. The number of hydrogen-bond acceptors (Lipinski definition) is 5. The highest BCUT2D eigenvalue weighted by Gasteiger charge is 2.10. The van der Waals surface area contributed by atoms with E-state index < -0.39 is 0 Å². The number of aromatic nitrogens is 3. The highest BCUT2D eigenvalue weighted by Crippen LogP contribution is 2.16. The molecule has 1 aromatic carbocycles. The van der Waals surface area contributed by atoms with Crippen molar-refractivity contribution in [1.82, 2.24) is 15.0 Å². The van der Waals surface area contributed by atoms with Crippen LogP contribution >= 0.6 is 11.3 Å². The number of hydrogen-bond donors (Lipinski definition) is 1. The van der Waals surface area contributed by atoms with Crippen LogP contribution in [0.5, 0.6) is 0 Å². The SMILES string of the molecule is Cc1nc2ccc(C(=O)Nc3nccs3)cc2nc1C. The lowest BCUT2D eigenvalue weighted by Gasteiger charge is -2.05. The van der Waals surface area contributed by atoms with E-state index in [0.717, 1.165) is 22.4 Å². The lowest BCUT2D eigenvalue weighted by atomic mass is 10.1. The smallest absolute Gasteiger partial charge is 0.257 e. The van der Waals surface area contributed by atoms with Gasteiger partial charge in [-0.3, -0.25) is 10.1 Å². The van der Waals surface area contributed by atoms with E-state index in [1.807, 2.05) is 25.3 Å². The number of aryl methyl sites for hydroxylation is 2. The second-order valence-corrected chi connectivity index (χ2v) is 5.28. The zero-order chi connectivity index (χ0) is 14.1. The van der Waals surface area contributed by atoms with Gasteiger partial charge in [0.1, 0.15) is 0 Å². The molecule has 0 saturated carbocycles. The number of carbonyl (C=O) groups excluding carboxylic acids is 1. The molecule has 2 heterocycles. The van der Waals surface area contributed by atoms with Gasteiger partial charge in [0.25, 0.3) is 5.91 Å². The van der Waals surface area contributed by atoms with Gasteiger partial charge in [-0.25, -0.2) is 15.0 Å². The summed E-state index contributed by atoms with van der Waals surface area (Å²) in [4.78, 5) is 25.0. The van der Waals surface area contributed by atoms with E-state index >= 15 is 0 Å². The first-order valence-electron chi connectivity index (χ1n) is 6.09. The van der Waals surface area contributed by atoms with E-state index in [-0.39, 0.29) is 5.91 Å². The van der Waals surface area contributed by atoms with Crippen molar-refractivity contribution in [2.75, 3.05) is 5.32 Å². The normalized spacial score (nSPS) is 10.7. The van der Waals surface area contributed by atoms with Crippen molar-refractivity contribution in [1.29, 1.82) is 0 Å². The van der Waals surface area contributed by atoms with Crippen molar-refractivity contribution in [2.45, 2.75) is 13.8 Å². The fraction of sp³-hybridized carbons (Fsp3) is 0.143. The molecule has 0 radical (unpaired) electrons. The van der Waals surface area contributed by atoms with Gasteiger partial charge in [-0.1, -0.05) is 0 Å². The van der Waals surface area contributed by atoms with Crippen LogP contribution in [-0.2, 0) is 0 Å². The Labute approximate surface area is 119 Å². The lowest BCUT2D eigenvalue weighted by Crippen LogP contribution is -2.11.